The molecule has 2 fully saturated rings. The molecule has 1 saturated carbocycles. The van der Waals surface area contributed by atoms with Gasteiger partial charge in [0.25, 0.3) is 0 Å². The first-order valence-corrected chi connectivity index (χ1v) is 6.06. The number of hydrogen-bond donors (Lipinski definition) is 0. The molecule has 3 nitrogen and oxygen atoms in total. The fourth-order valence-electron chi connectivity index (χ4n) is 3.26. The second-order valence-corrected chi connectivity index (χ2v) is 5.30. The molecule has 0 aromatic rings. The van der Waals surface area contributed by atoms with Crippen molar-refractivity contribution in [3.05, 3.63) is 0 Å². The molecule has 16 heavy (non-hydrogen) atoms. The SMILES string of the molecule is CN=C(N(C)C)N1CCC2(CCCC2)C1.I. The molecule has 4 heteroatoms. The second-order valence-electron chi connectivity index (χ2n) is 5.30. The van der Waals surface area contributed by atoms with Crippen LogP contribution < -0.4 is 0 Å². The fourth-order valence-corrected chi connectivity index (χ4v) is 3.26. The maximum absolute atomic E-state index is 4.39. The highest BCUT2D eigenvalue weighted by Crippen LogP contribution is 2.45. The molecule has 0 bridgehead atoms. The number of likely N-dealkylation sites (tertiary alicyclic amines) is 1. The van der Waals surface area contributed by atoms with Gasteiger partial charge in [-0.3, -0.25) is 4.99 Å². The molecule has 2 aliphatic rings. The average Bonchev–Trinajstić information content (AvgIpc) is 2.79. The van der Waals surface area contributed by atoms with Gasteiger partial charge in [0.15, 0.2) is 5.96 Å². The molecular formula is C12H24IN3. The Labute approximate surface area is 116 Å². The number of halogens is 1. The van der Waals surface area contributed by atoms with E-state index in [-0.39, 0.29) is 24.0 Å². The third-order valence-corrected chi connectivity index (χ3v) is 3.99. The highest BCUT2D eigenvalue weighted by atomic mass is 127. The van der Waals surface area contributed by atoms with Crippen molar-refractivity contribution in [1.29, 1.82) is 0 Å². The van der Waals surface area contributed by atoms with Gasteiger partial charge in [0.1, 0.15) is 0 Å². The lowest BCUT2D eigenvalue weighted by Crippen LogP contribution is -2.40. The zero-order chi connectivity index (χ0) is 10.9. The Morgan fingerprint density at radius 3 is 2.31 bits per heavy atom. The van der Waals surface area contributed by atoms with Crippen molar-refractivity contribution in [3.63, 3.8) is 0 Å². The first-order chi connectivity index (χ1) is 7.17. The van der Waals surface area contributed by atoms with E-state index in [1.54, 1.807) is 0 Å². The standard InChI is InChI=1S/C12H23N3.HI/c1-13-11(14(2)3)15-9-8-12(10-15)6-4-5-7-12;/h4-10H2,1-3H3;1H. The van der Waals surface area contributed by atoms with Gasteiger partial charge in [-0.1, -0.05) is 12.8 Å². The van der Waals surface area contributed by atoms with Crippen LogP contribution in [0.25, 0.3) is 0 Å². The summed E-state index contributed by atoms with van der Waals surface area (Å²) in [5.74, 6) is 1.15. The van der Waals surface area contributed by atoms with E-state index in [1.165, 1.54) is 45.2 Å². The molecule has 0 aromatic heterocycles. The third kappa shape index (κ3) is 2.63. The summed E-state index contributed by atoms with van der Waals surface area (Å²) in [5, 5.41) is 0. The number of nitrogens with zero attached hydrogens (tertiary/aromatic N) is 3. The van der Waals surface area contributed by atoms with Crippen LogP contribution in [0.2, 0.25) is 0 Å². The molecule has 0 N–H and O–H groups in total. The van der Waals surface area contributed by atoms with Gasteiger partial charge in [-0.25, -0.2) is 0 Å². The lowest BCUT2D eigenvalue weighted by Gasteiger charge is -2.28. The van der Waals surface area contributed by atoms with Gasteiger partial charge in [-0.15, -0.1) is 24.0 Å². The van der Waals surface area contributed by atoms with E-state index >= 15 is 0 Å². The lowest BCUT2D eigenvalue weighted by atomic mass is 9.86. The summed E-state index contributed by atoms with van der Waals surface area (Å²) >= 11 is 0. The van der Waals surface area contributed by atoms with E-state index in [9.17, 15) is 0 Å². The Hall–Kier alpha value is 0. The molecule has 1 saturated heterocycles. The summed E-state index contributed by atoms with van der Waals surface area (Å²) < 4.78 is 0. The summed E-state index contributed by atoms with van der Waals surface area (Å²) in [5.41, 5.74) is 0.645. The van der Waals surface area contributed by atoms with E-state index < -0.39 is 0 Å². The predicted molar refractivity (Wildman–Crippen MR) is 79.6 cm³/mol. The van der Waals surface area contributed by atoms with Gasteiger partial charge >= 0.3 is 0 Å². The van der Waals surface area contributed by atoms with E-state index in [0.29, 0.717) is 5.41 Å². The molecule has 1 spiro atoms. The van der Waals surface area contributed by atoms with Gasteiger partial charge in [0.2, 0.25) is 0 Å². The van der Waals surface area contributed by atoms with Crippen molar-refractivity contribution in [1.82, 2.24) is 9.80 Å². The minimum absolute atomic E-state index is 0. The van der Waals surface area contributed by atoms with Crippen molar-refractivity contribution < 1.29 is 0 Å². The van der Waals surface area contributed by atoms with Gasteiger partial charge in [0, 0.05) is 34.2 Å². The third-order valence-electron chi connectivity index (χ3n) is 3.99. The Balaban J connectivity index is 0.00000128. The molecule has 1 aliphatic heterocycles. The zero-order valence-corrected chi connectivity index (χ0v) is 13.0. The number of aliphatic imine (C=N–C) groups is 1. The smallest absolute Gasteiger partial charge is 0.195 e. The largest absolute Gasteiger partial charge is 0.349 e. The second kappa shape index (κ2) is 5.56. The Morgan fingerprint density at radius 1 is 1.19 bits per heavy atom. The van der Waals surface area contributed by atoms with E-state index in [4.69, 9.17) is 0 Å². The van der Waals surface area contributed by atoms with Crippen molar-refractivity contribution in [3.8, 4) is 0 Å². The van der Waals surface area contributed by atoms with Crippen LogP contribution in [0.5, 0.6) is 0 Å². The summed E-state index contributed by atoms with van der Waals surface area (Å²) in [4.78, 5) is 8.99. The van der Waals surface area contributed by atoms with Crippen LogP contribution in [0.4, 0.5) is 0 Å². The Kier molecular flexibility index (Phi) is 4.88. The maximum atomic E-state index is 4.39. The summed E-state index contributed by atoms with van der Waals surface area (Å²) in [6.07, 6.45) is 7.13. The van der Waals surface area contributed by atoms with E-state index in [0.717, 1.165) is 5.96 Å². The molecule has 0 aromatic carbocycles. The summed E-state index contributed by atoms with van der Waals surface area (Å²) in [6.45, 7) is 2.43. The van der Waals surface area contributed by atoms with E-state index in [2.05, 4.69) is 28.9 Å². The minimum Gasteiger partial charge on any atom is -0.349 e. The minimum atomic E-state index is 0. The predicted octanol–water partition coefficient (Wildman–Crippen LogP) is 2.42. The van der Waals surface area contributed by atoms with Crippen LogP contribution >= 0.6 is 24.0 Å². The molecule has 0 amide bonds. The van der Waals surface area contributed by atoms with Crippen molar-refractivity contribution >= 4 is 29.9 Å². The normalized spacial score (nSPS) is 23.7. The van der Waals surface area contributed by atoms with Gasteiger partial charge < -0.3 is 9.80 Å². The van der Waals surface area contributed by atoms with Crippen LogP contribution in [0, 0.1) is 5.41 Å². The summed E-state index contributed by atoms with van der Waals surface area (Å²) in [6, 6.07) is 0. The number of rotatable bonds is 0. The molecule has 2 rings (SSSR count). The van der Waals surface area contributed by atoms with Crippen LogP contribution in [0.15, 0.2) is 4.99 Å². The van der Waals surface area contributed by atoms with E-state index in [1.807, 2.05) is 7.05 Å². The monoisotopic (exact) mass is 337 g/mol. The van der Waals surface area contributed by atoms with Crippen LogP contribution in [-0.2, 0) is 0 Å². The summed E-state index contributed by atoms with van der Waals surface area (Å²) in [7, 11) is 6.07. The average molecular weight is 337 g/mol. The van der Waals surface area contributed by atoms with Gasteiger partial charge in [0.05, 0.1) is 0 Å². The molecule has 1 aliphatic carbocycles. The number of guanidine groups is 1. The highest BCUT2D eigenvalue weighted by Gasteiger charge is 2.41. The fraction of sp³-hybridized carbons (Fsp3) is 0.917. The van der Waals surface area contributed by atoms with Crippen molar-refractivity contribution in [2.45, 2.75) is 32.1 Å². The van der Waals surface area contributed by atoms with Gasteiger partial charge in [-0.05, 0) is 24.7 Å². The van der Waals surface area contributed by atoms with Crippen molar-refractivity contribution in [2.24, 2.45) is 10.4 Å². The molecule has 0 unspecified atom stereocenters. The van der Waals surface area contributed by atoms with Crippen LogP contribution in [0.1, 0.15) is 32.1 Å². The highest BCUT2D eigenvalue weighted by molar-refractivity contribution is 14.0. The zero-order valence-electron chi connectivity index (χ0n) is 10.7. The quantitative estimate of drug-likeness (QED) is 0.384. The lowest BCUT2D eigenvalue weighted by molar-refractivity contribution is 0.302. The van der Waals surface area contributed by atoms with Crippen molar-refractivity contribution in [2.75, 3.05) is 34.2 Å². The van der Waals surface area contributed by atoms with Crippen LogP contribution in [-0.4, -0.2) is 50.0 Å². The van der Waals surface area contributed by atoms with Crippen LogP contribution in [0.3, 0.4) is 0 Å². The molecular weight excluding hydrogens is 313 g/mol. The molecule has 94 valence electrons. The maximum Gasteiger partial charge on any atom is 0.195 e. The Bertz CT molecular complexity index is 257. The first-order valence-electron chi connectivity index (χ1n) is 6.06. The molecule has 1 heterocycles. The molecule has 0 radical (unpaired) electrons. The number of hydrogen-bond acceptors (Lipinski definition) is 1. The molecule has 0 atom stereocenters. The first kappa shape index (κ1) is 14.1. The Morgan fingerprint density at radius 2 is 1.81 bits per heavy atom. The van der Waals surface area contributed by atoms with Gasteiger partial charge in [-0.2, -0.15) is 0 Å². The topological polar surface area (TPSA) is 18.8 Å².